The number of hydrogen-bond donors (Lipinski definition) is 2. The molecule has 8 nitrogen and oxygen atoms in total. The van der Waals surface area contributed by atoms with E-state index in [1.807, 2.05) is 0 Å². The highest BCUT2D eigenvalue weighted by Crippen LogP contribution is 2.21. The molecule has 0 atom stereocenters. The summed E-state index contributed by atoms with van der Waals surface area (Å²) < 4.78 is 5.08. The van der Waals surface area contributed by atoms with Crippen LogP contribution in [0.2, 0.25) is 0 Å². The highest BCUT2D eigenvalue weighted by Gasteiger charge is 2.40. The molecule has 134 valence electrons. The third kappa shape index (κ3) is 6.85. The summed E-state index contributed by atoms with van der Waals surface area (Å²) in [4.78, 5) is 38.1. The molecule has 3 amide bonds. The van der Waals surface area contributed by atoms with Gasteiger partial charge < -0.3 is 15.0 Å². The van der Waals surface area contributed by atoms with Gasteiger partial charge in [0, 0.05) is 27.2 Å². The molecule has 0 saturated heterocycles. The Labute approximate surface area is 138 Å². The molecule has 0 aromatic carbocycles. The molecule has 8 heteroatoms. The normalized spacial score (nSPS) is 11.7. The van der Waals surface area contributed by atoms with Crippen molar-refractivity contribution in [2.75, 3.05) is 34.2 Å². The molecule has 0 aromatic rings. The van der Waals surface area contributed by atoms with E-state index in [4.69, 9.17) is 4.74 Å². The van der Waals surface area contributed by atoms with Crippen LogP contribution < -0.4 is 10.7 Å². The molecular weight excluding hydrogens is 300 g/mol. The number of likely N-dealkylation sites (N-methyl/N-ethyl adjacent to an activating group) is 2. The number of rotatable bonds is 5. The quantitative estimate of drug-likeness (QED) is 0.569. The van der Waals surface area contributed by atoms with E-state index in [-0.39, 0.29) is 5.91 Å². The van der Waals surface area contributed by atoms with Crippen molar-refractivity contribution in [1.82, 2.24) is 20.7 Å². The van der Waals surface area contributed by atoms with Crippen LogP contribution in [-0.4, -0.2) is 67.7 Å². The van der Waals surface area contributed by atoms with Crippen LogP contribution >= 0.6 is 0 Å². The monoisotopic (exact) mass is 330 g/mol. The maximum absolute atomic E-state index is 12.5. The maximum Gasteiger partial charge on any atom is 0.426 e. The number of hydrazine groups is 1. The summed E-state index contributed by atoms with van der Waals surface area (Å²) in [6.45, 7) is 9.32. The van der Waals surface area contributed by atoms with Gasteiger partial charge in [-0.05, 0) is 41.7 Å². The van der Waals surface area contributed by atoms with Crippen LogP contribution in [-0.2, 0) is 14.3 Å². The van der Waals surface area contributed by atoms with E-state index < -0.39 is 23.0 Å². The van der Waals surface area contributed by atoms with Gasteiger partial charge in [0.05, 0.1) is 0 Å². The molecule has 0 radical (unpaired) electrons. The van der Waals surface area contributed by atoms with Crippen molar-refractivity contribution in [3.05, 3.63) is 0 Å². The average molecular weight is 330 g/mol. The van der Waals surface area contributed by atoms with Gasteiger partial charge in [-0.25, -0.2) is 10.2 Å². The smallest absolute Gasteiger partial charge is 0.426 e. The number of nitrogens with zero attached hydrogens (tertiary/aromatic N) is 2. The zero-order valence-corrected chi connectivity index (χ0v) is 15.4. The molecule has 0 aromatic heterocycles. The van der Waals surface area contributed by atoms with Crippen molar-refractivity contribution in [3.8, 4) is 0 Å². The first-order valence-electron chi connectivity index (χ1n) is 7.51. The topological polar surface area (TPSA) is 91.0 Å². The minimum absolute atomic E-state index is 0.324. The molecule has 0 saturated carbocycles. The molecule has 2 N–H and O–H groups in total. The molecule has 0 spiro atoms. The average Bonchev–Trinajstić information content (AvgIpc) is 2.40. The first kappa shape index (κ1) is 21.2. The molecule has 23 heavy (non-hydrogen) atoms. The highest BCUT2D eigenvalue weighted by molar-refractivity contribution is 6.04. The first-order chi connectivity index (χ1) is 10.3. The Bertz CT molecular complexity index is 443. The van der Waals surface area contributed by atoms with E-state index in [0.29, 0.717) is 13.1 Å². The van der Waals surface area contributed by atoms with Crippen molar-refractivity contribution in [3.63, 3.8) is 0 Å². The van der Waals surface area contributed by atoms with Crippen LogP contribution in [0.3, 0.4) is 0 Å². The second-order valence-electron chi connectivity index (χ2n) is 6.93. The minimum Gasteiger partial charge on any atom is -0.443 e. The fraction of sp³-hybridized carbons (Fsp3) is 0.800. The van der Waals surface area contributed by atoms with E-state index in [0.717, 1.165) is 5.01 Å². The van der Waals surface area contributed by atoms with E-state index in [9.17, 15) is 14.4 Å². The van der Waals surface area contributed by atoms with Crippen molar-refractivity contribution >= 4 is 17.9 Å². The Morgan fingerprint density at radius 3 is 1.96 bits per heavy atom. The van der Waals surface area contributed by atoms with Crippen LogP contribution in [0.25, 0.3) is 0 Å². The van der Waals surface area contributed by atoms with Gasteiger partial charge in [0.15, 0.2) is 0 Å². The van der Waals surface area contributed by atoms with Crippen LogP contribution in [0.4, 0.5) is 4.79 Å². The Kier molecular flexibility index (Phi) is 7.50. The lowest BCUT2D eigenvalue weighted by Gasteiger charge is -2.32. The van der Waals surface area contributed by atoms with Crippen molar-refractivity contribution in [1.29, 1.82) is 0 Å². The molecular formula is C15H30N4O4. The summed E-state index contributed by atoms with van der Waals surface area (Å²) in [7, 11) is 4.80. The van der Waals surface area contributed by atoms with Crippen molar-refractivity contribution in [2.24, 2.45) is 5.41 Å². The second-order valence-corrected chi connectivity index (χ2v) is 6.93. The SMILES string of the molecule is CNCCN(C)C(=O)C(C)(C)C(=O)N(C)NC(=O)OC(C)(C)C. The van der Waals surface area contributed by atoms with Crippen LogP contribution in [0.15, 0.2) is 0 Å². The van der Waals surface area contributed by atoms with Gasteiger partial charge in [-0.1, -0.05) is 0 Å². The number of carbonyl (C=O) groups excluding carboxylic acids is 3. The number of carbonyl (C=O) groups is 3. The molecule has 0 aliphatic rings. The van der Waals surface area contributed by atoms with Gasteiger partial charge in [-0.3, -0.25) is 14.6 Å². The third-order valence-electron chi connectivity index (χ3n) is 3.08. The molecule has 0 bridgehead atoms. The Morgan fingerprint density at radius 2 is 1.52 bits per heavy atom. The first-order valence-corrected chi connectivity index (χ1v) is 7.51. The molecule has 0 unspecified atom stereocenters. The summed E-state index contributed by atoms with van der Waals surface area (Å²) in [5.41, 5.74) is 0.346. The Balaban J connectivity index is 4.83. The molecule has 0 aliphatic heterocycles. The Hall–Kier alpha value is -1.83. The van der Waals surface area contributed by atoms with Gasteiger partial charge >= 0.3 is 6.09 Å². The largest absolute Gasteiger partial charge is 0.443 e. The van der Waals surface area contributed by atoms with E-state index >= 15 is 0 Å². The summed E-state index contributed by atoms with van der Waals surface area (Å²) in [6, 6.07) is 0. The van der Waals surface area contributed by atoms with Crippen molar-refractivity contribution < 1.29 is 19.1 Å². The van der Waals surface area contributed by atoms with E-state index in [2.05, 4.69) is 10.7 Å². The van der Waals surface area contributed by atoms with Crippen molar-refractivity contribution in [2.45, 2.75) is 40.2 Å². The second kappa shape index (κ2) is 8.14. The predicted molar refractivity (Wildman–Crippen MR) is 87.5 cm³/mol. The fourth-order valence-electron chi connectivity index (χ4n) is 1.86. The number of amides is 3. The minimum atomic E-state index is -1.30. The summed E-state index contributed by atoms with van der Waals surface area (Å²) in [6.07, 6.45) is -0.750. The summed E-state index contributed by atoms with van der Waals surface area (Å²) in [5.74, 6) is -0.847. The zero-order valence-electron chi connectivity index (χ0n) is 15.4. The number of hydrogen-bond acceptors (Lipinski definition) is 5. The van der Waals surface area contributed by atoms with Crippen LogP contribution in [0.1, 0.15) is 34.6 Å². The van der Waals surface area contributed by atoms with Gasteiger partial charge in [0.25, 0.3) is 5.91 Å². The summed E-state index contributed by atoms with van der Waals surface area (Å²) >= 11 is 0. The zero-order chi connectivity index (χ0) is 18.4. The van der Waals surface area contributed by atoms with E-state index in [1.165, 1.54) is 25.8 Å². The summed E-state index contributed by atoms with van der Waals surface area (Å²) in [5, 5.41) is 3.93. The number of ether oxygens (including phenoxy) is 1. The maximum atomic E-state index is 12.5. The standard InChI is InChI=1S/C15H30N4O4/c1-14(2,3)23-13(22)17-19(8)12(21)15(4,5)11(20)18(7)10-9-16-6/h16H,9-10H2,1-8H3,(H,17,22). The number of nitrogens with one attached hydrogen (secondary N) is 2. The van der Waals surface area contributed by atoms with Gasteiger partial charge in [-0.2, -0.15) is 0 Å². The lowest BCUT2D eigenvalue weighted by molar-refractivity contribution is -0.154. The molecule has 0 heterocycles. The van der Waals surface area contributed by atoms with Crippen LogP contribution in [0.5, 0.6) is 0 Å². The lowest BCUT2D eigenvalue weighted by atomic mass is 9.90. The molecule has 0 rings (SSSR count). The van der Waals surface area contributed by atoms with Gasteiger partial charge in [-0.15, -0.1) is 0 Å². The van der Waals surface area contributed by atoms with E-state index in [1.54, 1.807) is 34.9 Å². The molecule has 0 fully saturated rings. The third-order valence-corrected chi connectivity index (χ3v) is 3.08. The lowest BCUT2D eigenvalue weighted by Crippen LogP contribution is -2.54. The fourth-order valence-corrected chi connectivity index (χ4v) is 1.86. The van der Waals surface area contributed by atoms with Gasteiger partial charge in [0.2, 0.25) is 5.91 Å². The van der Waals surface area contributed by atoms with Crippen LogP contribution in [0, 0.1) is 5.41 Å². The highest BCUT2D eigenvalue weighted by atomic mass is 16.6. The Morgan fingerprint density at radius 1 is 1.00 bits per heavy atom. The molecule has 0 aliphatic carbocycles. The van der Waals surface area contributed by atoms with Gasteiger partial charge in [0.1, 0.15) is 11.0 Å². The predicted octanol–water partition coefficient (Wildman–Crippen LogP) is 0.589.